The van der Waals surface area contributed by atoms with E-state index < -0.39 is 5.76 Å². The van der Waals surface area contributed by atoms with Crippen LogP contribution in [-0.4, -0.2) is 22.8 Å². The second-order valence-electron chi connectivity index (χ2n) is 8.68. The summed E-state index contributed by atoms with van der Waals surface area (Å²) in [6.45, 7) is 2.26. The Labute approximate surface area is 203 Å². The SMILES string of the molecule is CCCCCCCCC=CCCCCCCCC(=O)Nc1ccc(-n2nc(OC)oc2=O)cc1. The van der Waals surface area contributed by atoms with Crippen LogP contribution < -0.4 is 15.8 Å². The Morgan fingerprint density at radius 1 is 0.941 bits per heavy atom. The van der Waals surface area contributed by atoms with E-state index in [-0.39, 0.29) is 12.0 Å². The molecule has 0 fully saturated rings. The molecule has 2 aromatic rings. The van der Waals surface area contributed by atoms with Gasteiger partial charge in [-0.25, -0.2) is 4.79 Å². The molecule has 1 amide bonds. The van der Waals surface area contributed by atoms with E-state index >= 15 is 0 Å². The van der Waals surface area contributed by atoms with Crippen LogP contribution in [0.3, 0.4) is 0 Å². The minimum Gasteiger partial charge on any atom is -0.452 e. The van der Waals surface area contributed by atoms with Gasteiger partial charge in [0.2, 0.25) is 5.91 Å². The molecule has 1 aromatic carbocycles. The number of carbonyl (C=O) groups is 1. The minimum absolute atomic E-state index is 0.00523. The fraction of sp³-hybridized carbons (Fsp3) is 0.593. The number of rotatable bonds is 18. The summed E-state index contributed by atoms with van der Waals surface area (Å²) in [4.78, 5) is 23.9. The molecule has 188 valence electrons. The van der Waals surface area contributed by atoms with Crippen LogP contribution in [0.25, 0.3) is 5.69 Å². The van der Waals surface area contributed by atoms with Gasteiger partial charge in [0.25, 0.3) is 0 Å². The lowest BCUT2D eigenvalue weighted by molar-refractivity contribution is -0.116. The van der Waals surface area contributed by atoms with Gasteiger partial charge in [0.15, 0.2) is 0 Å². The van der Waals surface area contributed by atoms with E-state index in [1.165, 1.54) is 77.7 Å². The molecule has 0 saturated carbocycles. The number of benzene rings is 1. The van der Waals surface area contributed by atoms with Gasteiger partial charge in [0, 0.05) is 12.1 Å². The third-order valence-corrected chi connectivity index (χ3v) is 5.77. The highest BCUT2D eigenvalue weighted by Gasteiger charge is 2.10. The number of methoxy groups -OCH3 is 1. The van der Waals surface area contributed by atoms with Crippen molar-refractivity contribution in [3.05, 3.63) is 47.0 Å². The number of hydrogen-bond donors (Lipinski definition) is 1. The number of anilines is 1. The van der Waals surface area contributed by atoms with E-state index in [0.717, 1.165) is 17.5 Å². The second-order valence-corrected chi connectivity index (χ2v) is 8.68. The Morgan fingerprint density at radius 2 is 1.53 bits per heavy atom. The molecule has 1 N–H and O–H groups in total. The van der Waals surface area contributed by atoms with Crippen molar-refractivity contribution in [3.8, 4) is 11.8 Å². The zero-order valence-electron chi connectivity index (χ0n) is 20.9. The molecule has 0 spiro atoms. The number of nitrogens with zero attached hydrogens (tertiary/aromatic N) is 2. The van der Waals surface area contributed by atoms with Crippen LogP contribution in [0.5, 0.6) is 6.08 Å². The van der Waals surface area contributed by atoms with Gasteiger partial charge in [-0.3, -0.25) is 4.79 Å². The number of aromatic nitrogens is 2. The summed E-state index contributed by atoms with van der Waals surface area (Å²) >= 11 is 0. The maximum absolute atomic E-state index is 12.2. The van der Waals surface area contributed by atoms with Crippen molar-refractivity contribution < 1.29 is 13.9 Å². The van der Waals surface area contributed by atoms with Crippen LogP contribution >= 0.6 is 0 Å². The van der Waals surface area contributed by atoms with Crippen molar-refractivity contribution in [1.82, 2.24) is 9.78 Å². The molecule has 2 rings (SSSR count). The number of carbonyl (C=O) groups excluding carboxylic acids is 1. The largest absolute Gasteiger partial charge is 0.452 e. The molecule has 7 heteroatoms. The third-order valence-electron chi connectivity index (χ3n) is 5.77. The number of amides is 1. The number of unbranched alkanes of at least 4 members (excludes halogenated alkanes) is 11. The molecule has 1 heterocycles. The van der Waals surface area contributed by atoms with Crippen LogP contribution in [-0.2, 0) is 4.79 Å². The highest BCUT2D eigenvalue weighted by atomic mass is 16.6. The van der Waals surface area contributed by atoms with Crippen molar-refractivity contribution in [2.75, 3.05) is 12.4 Å². The predicted molar refractivity (Wildman–Crippen MR) is 137 cm³/mol. The first-order chi connectivity index (χ1) is 16.6. The van der Waals surface area contributed by atoms with Crippen LogP contribution in [0.2, 0.25) is 0 Å². The average molecular weight is 472 g/mol. The third kappa shape index (κ3) is 10.9. The lowest BCUT2D eigenvalue weighted by Crippen LogP contribution is -2.14. The van der Waals surface area contributed by atoms with Gasteiger partial charge >= 0.3 is 11.8 Å². The van der Waals surface area contributed by atoms with E-state index in [4.69, 9.17) is 9.15 Å². The Morgan fingerprint density at radius 3 is 2.12 bits per heavy atom. The molecular formula is C27H41N3O4. The summed E-state index contributed by atoms with van der Waals surface area (Å²) in [7, 11) is 1.38. The highest BCUT2D eigenvalue weighted by Crippen LogP contribution is 2.15. The minimum atomic E-state index is -0.627. The number of ether oxygens (including phenoxy) is 1. The first kappa shape index (κ1) is 27.4. The smallest absolute Gasteiger partial charge is 0.444 e. The fourth-order valence-electron chi connectivity index (χ4n) is 3.77. The van der Waals surface area contributed by atoms with Crippen molar-refractivity contribution in [1.29, 1.82) is 0 Å². The monoisotopic (exact) mass is 471 g/mol. The van der Waals surface area contributed by atoms with Gasteiger partial charge < -0.3 is 14.5 Å². The first-order valence-electron chi connectivity index (χ1n) is 12.8. The van der Waals surface area contributed by atoms with Crippen molar-refractivity contribution in [2.24, 2.45) is 0 Å². The van der Waals surface area contributed by atoms with Gasteiger partial charge in [-0.05, 0) is 56.4 Å². The second kappa shape index (κ2) is 16.7. The zero-order chi connectivity index (χ0) is 24.4. The van der Waals surface area contributed by atoms with Gasteiger partial charge in [0.1, 0.15) is 0 Å². The summed E-state index contributed by atoms with van der Waals surface area (Å²) in [6.07, 6.45) is 21.2. The van der Waals surface area contributed by atoms with E-state index in [1.807, 2.05) is 0 Å². The van der Waals surface area contributed by atoms with Crippen LogP contribution in [0, 0.1) is 0 Å². The summed E-state index contributed by atoms with van der Waals surface area (Å²) < 4.78 is 10.8. The van der Waals surface area contributed by atoms with E-state index in [0.29, 0.717) is 17.8 Å². The Kier molecular flexibility index (Phi) is 13.5. The molecular weight excluding hydrogens is 430 g/mol. The van der Waals surface area contributed by atoms with Crippen LogP contribution in [0.4, 0.5) is 5.69 Å². The molecule has 0 aliphatic rings. The van der Waals surface area contributed by atoms with Crippen LogP contribution in [0.15, 0.2) is 45.6 Å². The summed E-state index contributed by atoms with van der Waals surface area (Å²) in [6, 6.07) is 6.86. The van der Waals surface area contributed by atoms with E-state index in [2.05, 4.69) is 29.5 Å². The molecule has 0 bridgehead atoms. The molecule has 7 nitrogen and oxygen atoms in total. The normalized spacial score (nSPS) is 11.2. The van der Waals surface area contributed by atoms with Crippen molar-refractivity contribution >= 4 is 11.6 Å². The first-order valence-corrected chi connectivity index (χ1v) is 12.8. The van der Waals surface area contributed by atoms with Crippen molar-refractivity contribution in [2.45, 2.75) is 96.8 Å². The summed E-state index contributed by atoms with van der Waals surface area (Å²) in [5.41, 5.74) is 1.22. The molecule has 0 atom stereocenters. The van der Waals surface area contributed by atoms with E-state index in [1.54, 1.807) is 24.3 Å². The van der Waals surface area contributed by atoms with Gasteiger partial charge in [-0.1, -0.05) is 75.5 Å². The lowest BCUT2D eigenvalue weighted by atomic mass is 10.1. The average Bonchev–Trinajstić information content (AvgIpc) is 3.22. The van der Waals surface area contributed by atoms with Crippen LogP contribution in [0.1, 0.15) is 96.8 Å². The molecule has 0 radical (unpaired) electrons. The standard InChI is InChI=1S/C27H41N3O4/c1-3-4-5-6-7-8-9-10-11-12-13-14-15-16-17-18-25(31)28-23-19-21-24(22-20-23)30-27(32)34-26(29-30)33-2/h10-11,19-22H,3-9,12-18H2,1-2H3,(H,28,31). The maximum Gasteiger partial charge on any atom is 0.444 e. The topological polar surface area (TPSA) is 86.4 Å². The molecule has 0 aliphatic carbocycles. The summed E-state index contributed by atoms with van der Waals surface area (Å²) in [5, 5.41) is 6.81. The van der Waals surface area contributed by atoms with Crippen molar-refractivity contribution in [3.63, 3.8) is 0 Å². The molecule has 0 aliphatic heterocycles. The maximum atomic E-state index is 12.2. The zero-order valence-corrected chi connectivity index (χ0v) is 20.9. The summed E-state index contributed by atoms with van der Waals surface area (Å²) in [5.74, 6) is -0.622. The van der Waals surface area contributed by atoms with Gasteiger partial charge in [-0.15, -0.1) is 0 Å². The molecule has 1 aromatic heterocycles. The molecule has 34 heavy (non-hydrogen) atoms. The van der Waals surface area contributed by atoms with E-state index in [9.17, 15) is 9.59 Å². The quantitative estimate of drug-likeness (QED) is 0.191. The lowest BCUT2D eigenvalue weighted by Gasteiger charge is -2.06. The Bertz CT molecular complexity index is 899. The highest BCUT2D eigenvalue weighted by molar-refractivity contribution is 5.90. The predicted octanol–water partition coefficient (Wildman–Crippen LogP) is 6.81. The Balaban J connectivity index is 1.50. The Hall–Kier alpha value is -2.83. The van der Waals surface area contributed by atoms with Gasteiger partial charge in [-0.2, -0.15) is 4.68 Å². The fourth-order valence-corrected chi connectivity index (χ4v) is 3.77. The number of nitrogens with one attached hydrogen (secondary N) is 1. The molecule has 0 saturated heterocycles. The number of hydrogen-bond acceptors (Lipinski definition) is 5. The van der Waals surface area contributed by atoms with Gasteiger partial charge in [0.05, 0.1) is 12.8 Å². The molecule has 0 unspecified atom stereocenters. The number of allylic oxidation sites excluding steroid dienone is 2.